The molecule has 0 atom stereocenters. The van der Waals surface area contributed by atoms with Gasteiger partial charge in [-0.05, 0) is 41.4 Å². The number of nitrogens with zero attached hydrogens (tertiary/aromatic N) is 1. The van der Waals surface area contributed by atoms with E-state index in [0.29, 0.717) is 4.78 Å². The summed E-state index contributed by atoms with van der Waals surface area (Å²) in [5.74, 6) is 0. The first-order valence-corrected chi connectivity index (χ1v) is 6.32. The maximum Gasteiger partial charge on any atom is 0.507 e. The van der Waals surface area contributed by atoms with Gasteiger partial charge in [-0.3, -0.25) is 0 Å². The van der Waals surface area contributed by atoms with E-state index in [1.54, 1.807) is 0 Å². The second kappa shape index (κ2) is 4.51. The number of thiazole rings is 1. The molecule has 0 aromatic carbocycles. The summed E-state index contributed by atoms with van der Waals surface area (Å²) in [5.41, 5.74) is -1.14. The molecule has 1 aromatic rings. The first-order chi connectivity index (χ1) is 11.0. The van der Waals surface area contributed by atoms with E-state index < -0.39 is 38.1 Å². The summed E-state index contributed by atoms with van der Waals surface area (Å²) in [6.07, 6.45) is -1.76. The van der Waals surface area contributed by atoms with Gasteiger partial charge in [0.15, 0.2) is 0 Å². The molecule has 100 valence electrons. The lowest BCUT2D eigenvalue weighted by Gasteiger charge is -2.32. The van der Waals surface area contributed by atoms with Gasteiger partial charge in [-0.2, -0.15) is 0 Å². The summed E-state index contributed by atoms with van der Waals surface area (Å²) in [6, 6.07) is 0. The quantitative estimate of drug-likeness (QED) is 0.794. The Morgan fingerprint density at radius 1 is 1.39 bits per heavy atom. The van der Waals surface area contributed by atoms with E-state index in [2.05, 4.69) is 4.98 Å². The van der Waals surface area contributed by atoms with Crippen molar-refractivity contribution in [2.24, 2.45) is 0 Å². The van der Waals surface area contributed by atoms with Crippen molar-refractivity contribution in [3.63, 3.8) is 0 Å². The smallest absolute Gasteiger partial charge is 0.467 e. The molecule has 2 rings (SSSR count). The Kier molecular flexibility index (Phi) is 1.82. The van der Waals surface area contributed by atoms with Crippen molar-refractivity contribution < 1.29 is 23.6 Å². The summed E-state index contributed by atoms with van der Waals surface area (Å²) in [4.78, 5) is 3.88. The van der Waals surface area contributed by atoms with Crippen molar-refractivity contribution in [3.8, 4) is 5.19 Å². The van der Waals surface area contributed by atoms with Crippen LogP contribution in [0.4, 0.5) is 0 Å². The van der Waals surface area contributed by atoms with E-state index in [9.17, 15) is 0 Å². The molecule has 2 heterocycles. The third-order valence-corrected chi connectivity index (χ3v) is 4.07. The first kappa shape index (κ1) is 7.26. The Balaban J connectivity index is 2.25. The average molecular weight is 276 g/mol. The van der Waals surface area contributed by atoms with Gasteiger partial charge in [0.25, 0.3) is 5.19 Å². The number of aromatic nitrogens is 1. The van der Waals surface area contributed by atoms with Gasteiger partial charge in [-0.1, -0.05) is 11.3 Å². The molecule has 4 nitrogen and oxygen atoms in total. The molecule has 1 aliphatic heterocycles. The Bertz CT molecular complexity index is 613. The van der Waals surface area contributed by atoms with Crippen LogP contribution in [0.2, 0.25) is 0 Å². The maximum atomic E-state index is 7.86. The fourth-order valence-electron chi connectivity index (χ4n) is 1.47. The van der Waals surface area contributed by atoms with Gasteiger partial charge in [0.1, 0.15) is 0 Å². The zero-order chi connectivity index (χ0) is 19.5. The Hall–Kier alpha value is -0.585. The van der Waals surface area contributed by atoms with Crippen LogP contribution in [0, 0.1) is 0 Å². The van der Waals surface area contributed by atoms with Gasteiger partial charge in [0.2, 0.25) is 0 Å². The van der Waals surface area contributed by atoms with E-state index in [-0.39, 0.29) is 5.19 Å². The summed E-state index contributed by atoms with van der Waals surface area (Å²) < 4.78 is 69.2. The predicted octanol–water partition coefficient (Wildman–Crippen LogP) is 2.23. The van der Waals surface area contributed by atoms with Gasteiger partial charge < -0.3 is 14.0 Å². The fraction of sp³-hybridized carbons (Fsp3) is 0.750. The highest BCUT2D eigenvalue weighted by Gasteiger charge is 2.52. The van der Waals surface area contributed by atoms with Crippen LogP contribution in [0.15, 0.2) is 6.20 Å². The van der Waals surface area contributed by atoms with E-state index in [0.717, 1.165) is 11.3 Å². The standard InChI is InChI=1S/C12H20BNO3S/c1-8(2)15-10-14-7-9(18-10)13-16-11(3,4)12(5,6)17-13/h7-8H,1-6H3/i1D3,2D3,8D. The van der Waals surface area contributed by atoms with Crippen molar-refractivity contribution in [1.82, 2.24) is 4.98 Å². The van der Waals surface area contributed by atoms with Crippen LogP contribution in [0.1, 0.15) is 51.0 Å². The van der Waals surface area contributed by atoms with Gasteiger partial charge >= 0.3 is 7.12 Å². The summed E-state index contributed by atoms with van der Waals surface area (Å²) >= 11 is 0.887. The van der Waals surface area contributed by atoms with E-state index in [1.165, 1.54) is 6.20 Å². The van der Waals surface area contributed by atoms with Crippen LogP contribution in [0.3, 0.4) is 0 Å². The number of hydrogen-bond acceptors (Lipinski definition) is 5. The topological polar surface area (TPSA) is 40.6 Å². The SMILES string of the molecule is [2H]C([2H])([2H])C([2H])(Oc1ncc(B2OC(C)(C)C(C)(C)O2)s1)C([2H])([2H])[2H]. The van der Waals surface area contributed by atoms with Gasteiger partial charge in [-0.25, -0.2) is 4.98 Å². The molecule has 1 aliphatic rings. The average Bonchev–Trinajstić information content (AvgIpc) is 2.90. The van der Waals surface area contributed by atoms with Crippen LogP contribution in [0.5, 0.6) is 5.19 Å². The van der Waals surface area contributed by atoms with Crippen LogP contribution in [-0.2, 0) is 9.31 Å². The maximum absolute atomic E-state index is 7.86. The lowest BCUT2D eigenvalue weighted by Crippen LogP contribution is -2.41. The molecule has 1 aromatic heterocycles. The van der Waals surface area contributed by atoms with Crippen LogP contribution in [-0.4, -0.2) is 29.4 Å². The predicted molar refractivity (Wildman–Crippen MR) is 73.6 cm³/mol. The summed E-state index contributed by atoms with van der Waals surface area (Å²) in [7, 11) is -0.736. The highest BCUT2D eigenvalue weighted by Crippen LogP contribution is 2.37. The molecule has 0 bridgehead atoms. The zero-order valence-electron chi connectivity index (χ0n) is 17.7. The lowest BCUT2D eigenvalue weighted by molar-refractivity contribution is 0.00578. The van der Waals surface area contributed by atoms with Gasteiger partial charge in [0, 0.05) is 14.4 Å². The number of ether oxygens (including phenoxy) is 1. The third-order valence-electron chi connectivity index (χ3n) is 3.18. The highest BCUT2D eigenvalue weighted by atomic mass is 32.1. The van der Waals surface area contributed by atoms with Crippen LogP contribution in [0.25, 0.3) is 0 Å². The number of rotatable bonds is 3. The van der Waals surface area contributed by atoms with Crippen molar-refractivity contribution in [2.45, 2.75) is 58.7 Å². The molecule has 0 unspecified atom stereocenters. The molecule has 0 N–H and O–H groups in total. The van der Waals surface area contributed by atoms with Crippen molar-refractivity contribution in [2.75, 3.05) is 0 Å². The molecule has 0 radical (unpaired) electrons. The summed E-state index contributed by atoms with van der Waals surface area (Å²) in [6.45, 7) is 1.14. The van der Waals surface area contributed by atoms with Crippen molar-refractivity contribution >= 4 is 23.2 Å². The molecular weight excluding hydrogens is 249 g/mol. The van der Waals surface area contributed by atoms with Crippen molar-refractivity contribution in [3.05, 3.63) is 6.20 Å². The Morgan fingerprint density at radius 3 is 2.56 bits per heavy atom. The second-order valence-electron chi connectivity index (χ2n) is 5.05. The minimum Gasteiger partial charge on any atom is -0.467 e. The normalized spacial score (nSPS) is 29.3. The minimum absolute atomic E-state index is 0.244. The first-order valence-electron chi connectivity index (χ1n) is 9.01. The fourth-order valence-corrected chi connectivity index (χ4v) is 2.20. The monoisotopic (exact) mass is 276 g/mol. The minimum atomic E-state index is -3.19. The Morgan fingerprint density at radius 2 is 2.00 bits per heavy atom. The Labute approximate surface area is 123 Å². The molecule has 1 saturated heterocycles. The molecule has 0 spiro atoms. The molecule has 0 amide bonds. The van der Waals surface area contributed by atoms with E-state index in [4.69, 9.17) is 23.6 Å². The molecule has 0 saturated carbocycles. The molecular formula is C12H20BNO3S. The second-order valence-corrected chi connectivity index (χ2v) is 6.07. The van der Waals surface area contributed by atoms with Crippen LogP contribution < -0.4 is 9.51 Å². The van der Waals surface area contributed by atoms with E-state index in [1.807, 2.05) is 27.7 Å². The molecule has 1 fully saturated rings. The third kappa shape index (κ3) is 2.55. The largest absolute Gasteiger partial charge is 0.507 e. The highest BCUT2D eigenvalue weighted by molar-refractivity contribution is 7.23. The van der Waals surface area contributed by atoms with E-state index >= 15 is 0 Å². The lowest BCUT2D eigenvalue weighted by atomic mass is 9.89. The van der Waals surface area contributed by atoms with Crippen LogP contribution >= 0.6 is 11.3 Å². The van der Waals surface area contributed by atoms with Crippen molar-refractivity contribution in [1.29, 1.82) is 0 Å². The molecule has 0 aliphatic carbocycles. The van der Waals surface area contributed by atoms with Gasteiger partial charge in [-0.15, -0.1) is 0 Å². The van der Waals surface area contributed by atoms with Gasteiger partial charge in [0.05, 0.1) is 23.4 Å². The number of hydrogen-bond donors (Lipinski definition) is 0. The molecule has 6 heteroatoms. The molecule has 18 heavy (non-hydrogen) atoms. The zero-order valence-corrected chi connectivity index (χ0v) is 11.6. The summed E-state index contributed by atoms with van der Waals surface area (Å²) in [5, 5.41) is -0.244.